The molecule has 7 nitrogen and oxygen atoms in total. The number of aromatic nitrogens is 3. The minimum absolute atomic E-state index is 0.302. The van der Waals surface area contributed by atoms with Gasteiger partial charge in [0.1, 0.15) is 0 Å². The molecule has 1 aromatic carbocycles. The van der Waals surface area contributed by atoms with Gasteiger partial charge >= 0.3 is 6.03 Å². The molecule has 0 bridgehead atoms. The maximum Gasteiger partial charge on any atom is 0.326 e. The van der Waals surface area contributed by atoms with E-state index in [0.29, 0.717) is 24.1 Å². The van der Waals surface area contributed by atoms with E-state index >= 15 is 0 Å². The average Bonchev–Trinajstić information content (AvgIpc) is 2.94. The average molecular weight is 325 g/mol. The van der Waals surface area contributed by atoms with Crippen LogP contribution in [0.1, 0.15) is 18.1 Å². The summed E-state index contributed by atoms with van der Waals surface area (Å²) in [5.41, 5.74) is 3.48. The number of nitrogens with one attached hydrogen (secondary N) is 2. The summed E-state index contributed by atoms with van der Waals surface area (Å²) in [5.74, 6) is 0.873. The Kier molecular flexibility index (Phi) is 4.33. The maximum absolute atomic E-state index is 12.3. The van der Waals surface area contributed by atoms with E-state index in [2.05, 4.69) is 20.8 Å². The molecule has 2 amide bonds. The molecular formula is C17H19N5O2. The van der Waals surface area contributed by atoms with Crippen molar-refractivity contribution < 1.29 is 9.53 Å². The van der Waals surface area contributed by atoms with Crippen LogP contribution < -0.4 is 15.4 Å². The zero-order chi connectivity index (χ0) is 17.1. The zero-order valence-electron chi connectivity index (χ0n) is 13.8. The molecule has 2 aromatic heterocycles. The second-order valence-corrected chi connectivity index (χ2v) is 5.41. The van der Waals surface area contributed by atoms with Gasteiger partial charge < -0.3 is 10.1 Å². The number of pyridine rings is 1. The number of aryl methyl sites for hydroxylation is 2. The molecule has 0 aliphatic carbocycles. The van der Waals surface area contributed by atoms with Gasteiger partial charge in [0.2, 0.25) is 11.8 Å². The molecule has 2 heterocycles. The third-order valence-electron chi connectivity index (χ3n) is 3.54. The van der Waals surface area contributed by atoms with Crippen molar-refractivity contribution in [1.29, 1.82) is 0 Å². The largest absolute Gasteiger partial charge is 0.479 e. The molecule has 0 fully saturated rings. The van der Waals surface area contributed by atoms with Crippen LogP contribution in [0.15, 0.2) is 36.4 Å². The predicted octanol–water partition coefficient (Wildman–Crippen LogP) is 3.39. The zero-order valence-corrected chi connectivity index (χ0v) is 13.8. The standard InChI is InChI=1S/C17H19N5O2/c1-4-24-15-7-5-6-14-20-21-16(22(14)15)19-17(23)18-13-9-8-11(2)10-12(13)3/h5-10H,4H2,1-3H3,(H2,18,19,21,23). The Morgan fingerprint density at radius 1 is 1.17 bits per heavy atom. The lowest BCUT2D eigenvalue weighted by Gasteiger charge is -2.11. The molecule has 0 spiro atoms. The molecule has 0 aliphatic rings. The molecule has 7 heteroatoms. The van der Waals surface area contributed by atoms with Gasteiger partial charge in [0.15, 0.2) is 5.65 Å². The number of hydrogen-bond donors (Lipinski definition) is 2. The molecular weight excluding hydrogens is 306 g/mol. The Labute approximate surface area is 139 Å². The van der Waals surface area contributed by atoms with E-state index in [9.17, 15) is 4.79 Å². The number of hydrogen-bond acceptors (Lipinski definition) is 4. The topological polar surface area (TPSA) is 80.6 Å². The van der Waals surface area contributed by atoms with Crippen molar-refractivity contribution in [2.75, 3.05) is 17.2 Å². The minimum atomic E-state index is -0.387. The van der Waals surface area contributed by atoms with E-state index in [-0.39, 0.29) is 6.03 Å². The van der Waals surface area contributed by atoms with E-state index in [1.165, 1.54) is 0 Å². The number of nitrogens with zero attached hydrogens (tertiary/aromatic N) is 3. The summed E-state index contributed by atoms with van der Waals surface area (Å²) >= 11 is 0. The van der Waals surface area contributed by atoms with Crippen LogP contribution in [0.4, 0.5) is 16.4 Å². The van der Waals surface area contributed by atoms with Gasteiger partial charge in [0.05, 0.1) is 6.61 Å². The number of urea groups is 1. The van der Waals surface area contributed by atoms with Crippen molar-refractivity contribution in [3.8, 4) is 5.88 Å². The maximum atomic E-state index is 12.3. The molecule has 124 valence electrons. The Morgan fingerprint density at radius 2 is 2.00 bits per heavy atom. The molecule has 0 aliphatic heterocycles. The lowest BCUT2D eigenvalue weighted by Crippen LogP contribution is -2.21. The summed E-state index contributed by atoms with van der Waals surface area (Å²) in [6, 6.07) is 10.9. The van der Waals surface area contributed by atoms with Gasteiger partial charge in [-0.15, -0.1) is 10.2 Å². The predicted molar refractivity (Wildman–Crippen MR) is 92.7 cm³/mol. The summed E-state index contributed by atoms with van der Waals surface area (Å²) in [5, 5.41) is 13.6. The van der Waals surface area contributed by atoms with Gasteiger partial charge in [-0.2, -0.15) is 0 Å². The van der Waals surface area contributed by atoms with E-state index in [1.807, 2.05) is 45.0 Å². The SMILES string of the molecule is CCOc1cccc2nnc(NC(=O)Nc3ccc(C)cc3C)n12. The summed E-state index contributed by atoms with van der Waals surface area (Å²) in [4.78, 5) is 12.3. The van der Waals surface area contributed by atoms with Crippen LogP contribution >= 0.6 is 0 Å². The smallest absolute Gasteiger partial charge is 0.326 e. The van der Waals surface area contributed by atoms with Crippen LogP contribution in [0.25, 0.3) is 5.65 Å². The Balaban J connectivity index is 1.83. The van der Waals surface area contributed by atoms with Crippen LogP contribution in [0.5, 0.6) is 5.88 Å². The monoisotopic (exact) mass is 325 g/mol. The summed E-state index contributed by atoms with van der Waals surface area (Å²) in [7, 11) is 0. The highest BCUT2D eigenvalue weighted by Crippen LogP contribution is 2.20. The molecule has 3 aromatic rings. The molecule has 0 atom stereocenters. The van der Waals surface area contributed by atoms with E-state index in [1.54, 1.807) is 16.5 Å². The van der Waals surface area contributed by atoms with Crippen molar-refractivity contribution in [2.24, 2.45) is 0 Å². The van der Waals surface area contributed by atoms with Crippen molar-refractivity contribution in [3.05, 3.63) is 47.5 Å². The third kappa shape index (κ3) is 3.15. The molecule has 0 radical (unpaired) electrons. The highest BCUT2D eigenvalue weighted by molar-refractivity contribution is 5.99. The third-order valence-corrected chi connectivity index (χ3v) is 3.54. The lowest BCUT2D eigenvalue weighted by molar-refractivity contribution is 0.262. The van der Waals surface area contributed by atoms with Gasteiger partial charge in [-0.25, -0.2) is 9.20 Å². The fourth-order valence-electron chi connectivity index (χ4n) is 2.46. The Bertz CT molecular complexity index is 888. The highest BCUT2D eigenvalue weighted by atomic mass is 16.5. The molecule has 3 rings (SSSR count). The molecule has 0 unspecified atom stereocenters. The number of carbonyl (C=O) groups is 1. The van der Waals surface area contributed by atoms with Crippen LogP contribution in [0.2, 0.25) is 0 Å². The molecule has 2 N–H and O–H groups in total. The van der Waals surface area contributed by atoms with Gasteiger partial charge in [0, 0.05) is 5.69 Å². The number of anilines is 2. The minimum Gasteiger partial charge on any atom is -0.479 e. The quantitative estimate of drug-likeness (QED) is 0.770. The first-order chi connectivity index (χ1) is 11.6. The summed E-state index contributed by atoms with van der Waals surface area (Å²) in [6.45, 7) is 6.35. The number of rotatable bonds is 4. The van der Waals surface area contributed by atoms with Crippen LogP contribution in [0, 0.1) is 13.8 Å². The first-order valence-electron chi connectivity index (χ1n) is 7.70. The number of fused-ring (bicyclic) bond motifs is 1. The fraction of sp³-hybridized carbons (Fsp3) is 0.235. The number of carbonyl (C=O) groups excluding carboxylic acids is 1. The number of amides is 2. The lowest BCUT2D eigenvalue weighted by atomic mass is 10.1. The summed E-state index contributed by atoms with van der Waals surface area (Å²) in [6.07, 6.45) is 0. The van der Waals surface area contributed by atoms with Gasteiger partial charge in [0.25, 0.3) is 0 Å². The fourth-order valence-corrected chi connectivity index (χ4v) is 2.46. The van der Waals surface area contributed by atoms with E-state index in [0.717, 1.165) is 16.8 Å². The normalized spacial score (nSPS) is 10.6. The second kappa shape index (κ2) is 6.57. The van der Waals surface area contributed by atoms with Crippen molar-refractivity contribution in [1.82, 2.24) is 14.6 Å². The van der Waals surface area contributed by atoms with E-state index < -0.39 is 0 Å². The second-order valence-electron chi connectivity index (χ2n) is 5.41. The first-order valence-corrected chi connectivity index (χ1v) is 7.70. The number of ether oxygens (including phenoxy) is 1. The van der Waals surface area contributed by atoms with Gasteiger partial charge in [-0.3, -0.25) is 5.32 Å². The van der Waals surface area contributed by atoms with Crippen LogP contribution in [0.3, 0.4) is 0 Å². The molecule has 0 saturated carbocycles. The van der Waals surface area contributed by atoms with Crippen LogP contribution in [-0.4, -0.2) is 27.2 Å². The van der Waals surface area contributed by atoms with Gasteiger partial charge in [-0.1, -0.05) is 23.8 Å². The van der Waals surface area contributed by atoms with Gasteiger partial charge in [-0.05, 0) is 44.5 Å². The van der Waals surface area contributed by atoms with Crippen molar-refractivity contribution in [2.45, 2.75) is 20.8 Å². The Morgan fingerprint density at radius 3 is 2.75 bits per heavy atom. The van der Waals surface area contributed by atoms with Crippen LogP contribution in [-0.2, 0) is 0 Å². The number of benzene rings is 1. The molecule has 0 saturated heterocycles. The van der Waals surface area contributed by atoms with Crippen molar-refractivity contribution >= 4 is 23.3 Å². The summed E-state index contributed by atoms with van der Waals surface area (Å²) < 4.78 is 7.22. The van der Waals surface area contributed by atoms with E-state index in [4.69, 9.17) is 4.74 Å². The first kappa shape index (κ1) is 15.8. The Hall–Kier alpha value is -3.09. The highest BCUT2D eigenvalue weighted by Gasteiger charge is 2.13. The molecule has 24 heavy (non-hydrogen) atoms. The van der Waals surface area contributed by atoms with Crippen molar-refractivity contribution in [3.63, 3.8) is 0 Å².